The number of hydrogen-bond donors (Lipinski definition) is 3. The third-order valence-electron chi connectivity index (χ3n) is 3.44. The van der Waals surface area contributed by atoms with Crippen LogP contribution in [-0.4, -0.2) is 43.6 Å². The van der Waals surface area contributed by atoms with Gasteiger partial charge in [-0.3, -0.25) is 4.79 Å². The number of guanidine groups is 1. The first-order valence-electron chi connectivity index (χ1n) is 8.01. The van der Waals surface area contributed by atoms with Gasteiger partial charge in [0.2, 0.25) is 11.8 Å². The first kappa shape index (κ1) is 17.1. The van der Waals surface area contributed by atoms with Crippen LogP contribution in [-0.2, 0) is 11.3 Å². The molecule has 23 heavy (non-hydrogen) atoms. The highest BCUT2D eigenvalue weighted by atomic mass is 16.5. The van der Waals surface area contributed by atoms with E-state index >= 15 is 0 Å². The van der Waals surface area contributed by atoms with E-state index in [9.17, 15) is 4.79 Å². The molecule has 0 bridgehead atoms. The molecule has 0 atom stereocenters. The number of aromatic nitrogens is 1. The van der Waals surface area contributed by atoms with Crippen LogP contribution < -0.4 is 20.7 Å². The highest BCUT2D eigenvalue weighted by Crippen LogP contribution is 2.28. The van der Waals surface area contributed by atoms with Gasteiger partial charge in [-0.1, -0.05) is 0 Å². The Morgan fingerprint density at radius 1 is 1.35 bits per heavy atom. The minimum atomic E-state index is 0.164. The van der Waals surface area contributed by atoms with E-state index in [1.807, 2.05) is 19.1 Å². The van der Waals surface area contributed by atoms with Crippen molar-refractivity contribution in [2.75, 3.05) is 26.7 Å². The van der Waals surface area contributed by atoms with E-state index in [0.29, 0.717) is 25.5 Å². The van der Waals surface area contributed by atoms with Crippen molar-refractivity contribution >= 4 is 11.9 Å². The standard InChI is InChI=1S/C16H25N5O2/c1-3-17-16(20-9-8-19-15(22)13-4-5-13)21-11-12-6-7-18-14(10-12)23-2/h6-7,10,13H,3-5,8-9,11H2,1-2H3,(H,19,22)(H2,17,20,21). The van der Waals surface area contributed by atoms with E-state index in [2.05, 4.69) is 25.9 Å². The third-order valence-corrected chi connectivity index (χ3v) is 3.44. The van der Waals surface area contributed by atoms with E-state index in [1.165, 1.54) is 0 Å². The molecule has 1 aromatic heterocycles. The summed E-state index contributed by atoms with van der Waals surface area (Å²) in [4.78, 5) is 20.1. The number of aliphatic imine (C=N–C) groups is 1. The molecule has 1 amide bonds. The maximum Gasteiger partial charge on any atom is 0.223 e. The number of nitrogens with zero attached hydrogens (tertiary/aromatic N) is 2. The molecule has 126 valence electrons. The van der Waals surface area contributed by atoms with Crippen molar-refractivity contribution in [3.05, 3.63) is 23.9 Å². The summed E-state index contributed by atoms with van der Waals surface area (Å²) in [5.41, 5.74) is 1.02. The Kier molecular flexibility index (Phi) is 6.65. The van der Waals surface area contributed by atoms with Crippen LogP contribution in [0.25, 0.3) is 0 Å². The Bertz CT molecular complexity index is 543. The first-order chi connectivity index (χ1) is 11.2. The van der Waals surface area contributed by atoms with Crippen molar-refractivity contribution in [1.29, 1.82) is 0 Å². The lowest BCUT2D eigenvalue weighted by Crippen LogP contribution is -2.41. The molecule has 0 aromatic carbocycles. The quantitative estimate of drug-likeness (QED) is 0.372. The molecule has 1 aliphatic rings. The molecule has 1 fully saturated rings. The maximum absolute atomic E-state index is 11.5. The number of methoxy groups -OCH3 is 1. The van der Waals surface area contributed by atoms with E-state index < -0.39 is 0 Å². The van der Waals surface area contributed by atoms with Gasteiger partial charge in [0.25, 0.3) is 0 Å². The van der Waals surface area contributed by atoms with Crippen molar-refractivity contribution < 1.29 is 9.53 Å². The molecular formula is C16H25N5O2. The van der Waals surface area contributed by atoms with E-state index in [0.717, 1.165) is 30.9 Å². The van der Waals surface area contributed by atoms with Crippen molar-refractivity contribution in [3.63, 3.8) is 0 Å². The van der Waals surface area contributed by atoms with Gasteiger partial charge in [0.05, 0.1) is 13.7 Å². The van der Waals surface area contributed by atoms with Crippen molar-refractivity contribution in [1.82, 2.24) is 20.9 Å². The maximum atomic E-state index is 11.5. The van der Waals surface area contributed by atoms with Crippen LogP contribution in [0, 0.1) is 5.92 Å². The van der Waals surface area contributed by atoms with Gasteiger partial charge < -0.3 is 20.7 Å². The molecule has 0 aliphatic heterocycles. The van der Waals surface area contributed by atoms with Crippen LogP contribution in [0.15, 0.2) is 23.3 Å². The molecule has 0 saturated heterocycles. The van der Waals surface area contributed by atoms with Crippen molar-refractivity contribution in [2.24, 2.45) is 10.9 Å². The fraction of sp³-hybridized carbons (Fsp3) is 0.562. The molecule has 1 aliphatic carbocycles. The number of pyridine rings is 1. The zero-order chi connectivity index (χ0) is 16.5. The predicted octanol–water partition coefficient (Wildman–Crippen LogP) is 0.672. The first-order valence-corrected chi connectivity index (χ1v) is 8.01. The molecule has 1 saturated carbocycles. The van der Waals surface area contributed by atoms with E-state index in [-0.39, 0.29) is 11.8 Å². The molecular weight excluding hydrogens is 294 g/mol. The minimum absolute atomic E-state index is 0.164. The number of rotatable bonds is 8. The molecule has 0 radical (unpaired) electrons. The number of carbonyl (C=O) groups is 1. The van der Waals surface area contributed by atoms with Gasteiger partial charge in [-0.2, -0.15) is 0 Å². The summed E-state index contributed by atoms with van der Waals surface area (Å²) < 4.78 is 5.10. The zero-order valence-electron chi connectivity index (χ0n) is 13.8. The minimum Gasteiger partial charge on any atom is -0.481 e. The fourth-order valence-electron chi connectivity index (χ4n) is 2.03. The summed E-state index contributed by atoms with van der Waals surface area (Å²) in [5, 5.41) is 9.32. The number of ether oxygens (including phenoxy) is 1. The highest BCUT2D eigenvalue weighted by Gasteiger charge is 2.28. The number of carbonyl (C=O) groups excluding carboxylic acids is 1. The average molecular weight is 319 g/mol. The number of hydrogen-bond acceptors (Lipinski definition) is 4. The van der Waals surface area contributed by atoms with Crippen LogP contribution >= 0.6 is 0 Å². The second kappa shape index (κ2) is 8.97. The van der Waals surface area contributed by atoms with Crippen LogP contribution in [0.2, 0.25) is 0 Å². The topological polar surface area (TPSA) is 87.6 Å². The van der Waals surface area contributed by atoms with Crippen molar-refractivity contribution in [3.8, 4) is 5.88 Å². The Morgan fingerprint density at radius 3 is 2.83 bits per heavy atom. The summed E-state index contributed by atoms with van der Waals surface area (Å²) in [6.45, 7) is 4.57. The SMILES string of the molecule is CCNC(=NCc1ccnc(OC)c1)NCCNC(=O)C1CC1. The summed E-state index contributed by atoms with van der Waals surface area (Å²) in [6, 6.07) is 3.77. The number of amides is 1. The Labute approximate surface area is 136 Å². The van der Waals surface area contributed by atoms with Gasteiger partial charge in [0.1, 0.15) is 0 Å². The van der Waals surface area contributed by atoms with Gasteiger partial charge >= 0.3 is 0 Å². The average Bonchev–Trinajstić information content (AvgIpc) is 3.41. The lowest BCUT2D eigenvalue weighted by Gasteiger charge is -2.12. The van der Waals surface area contributed by atoms with Gasteiger partial charge in [-0.25, -0.2) is 9.98 Å². The molecule has 1 heterocycles. The van der Waals surface area contributed by atoms with Crippen LogP contribution in [0.3, 0.4) is 0 Å². The third kappa shape index (κ3) is 6.14. The second-order valence-corrected chi connectivity index (χ2v) is 5.39. The summed E-state index contributed by atoms with van der Waals surface area (Å²) in [7, 11) is 1.59. The number of nitrogens with one attached hydrogen (secondary N) is 3. The smallest absolute Gasteiger partial charge is 0.223 e. The van der Waals surface area contributed by atoms with Gasteiger partial charge in [0.15, 0.2) is 5.96 Å². The second-order valence-electron chi connectivity index (χ2n) is 5.39. The molecule has 0 unspecified atom stereocenters. The largest absolute Gasteiger partial charge is 0.481 e. The Morgan fingerprint density at radius 2 is 2.13 bits per heavy atom. The predicted molar refractivity (Wildman–Crippen MR) is 89.3 cm³/mol. The van der Waals surface area contributed by atoms with Crippen molar-refractivity contribution in [2.45, 2.75) is 26.3 Å². The van der Waals surface area contributed by atoms with Crippen LogP contribution in [0.5, 0.6) is 5.88 Å². The van der Waals surface area contributed by atoms with E-state index in [1.54, 1.807) is 13.3 Å². The molecule has 0 spiro atoms. The summed E-state index contributed by atoms with van der Waals surface area (Å²) in [5.74, 6) is 1.72. The summed E-state index contributed by atoms with van der Waals surface area (Å²) >= 11 is 0. The normalized spacial score (nSPS) is 14.3. The van der Waals surface area contributed by atoms with Crippen LogP contribution in [0.1, 0.15) is 25.3 Å². The fourth-order valence-corrected chi connectivity index (χ4v) is 2.03. The monoisotopic (exact) mass is 319 g/mol. The molecule has 7 heteroatoms. The van der Waals surface area contributed by atoms with Crippen LogP contribution in [0.4, 0.5) is 0 Å². The molecule has 2 rings (SSSR count). The molecule has 3 N–H and O–H groups in total. The molecule has 7 nitrogen and oxygen atoms in total. The Balaban J connectivity index is 1.77. The summed E-state index contributed by atoms with van der Waals surface area (Å²) in [6.07, 6.45) is 3.76. The Hall–Kier alpha value is -2.31. The molecule has 1 aromatic rings. The highest BCUT2D eigenvalue weighted by molar-refractivity contribution is 5.81. The van der Waals surface area contributed by atoms with E-state index in [4.69, 9.17) is 4.74 Å². The van der Waals surface area contributed by atoms with Gasteiger partial charge in [-0.05, 0) is 31.4 Å². The lowest BCUT2D eigenvalue weighted by molar-refractivity contribution is -0.122. The lowest BCUT2D eigenvalue weighted by atomic mass is 10.3. The van der Waals surface area contributed by atoms with Gasteiger partial charge in [0, 0.05) is 37.8 Å². The zero-order valence-corrected chi connectivity index (χ0v) is 13.8. The van der Waals surface area contributed by atoms with Gasteiger partial charge in [-0.15, -0.1) is 0 Å².